The van der Waals surface area contributed by atoms with E-state index < -0.39 is 47.8 Å². The standard InChI is InChI=1S/C41H73N7O9.C21H32N2O9.C17H29NO7/c42-22-12-25-45-36(49)19-28-54-32-41(33-55-29-20-37(50)46-26-13-23-43,34-56-30-21-38(51)47-27-14-24-44)48-39(52)17-10-5-3-1-2-4-6-11-18-40(53)57-31-35-15-8-7-9-16-35;1-12-13(2)20(22-14(3)24)21(31-16(12)11-30-15(4)25)29-10-6-5-7-19(28)32-23-17(26)8-9-18(23)27;1-10-11(2)16(18-12(3)19)17(23-8-6-5-7-15(21)22)25-14(10)9-24-13(4)20/h7-9,15-16H,1-6,10-14,17-34,42-44H2,(H,45,49)(H,46,50)(H,47,51)(H,48,52);12-13,16,20-21H,5-11H2,1-4H3,(H,22,24);10-11,14,16-17H,5-9H2,1-4H3,(H,18,19)(H,21,22). The number of carbonyl (C=O) groups is 13. The molecule has 8 amide bonds. The van der Waals surface area contributed by atoms with Gasteiger partial charge in [0.15, 0.2) is 12.6 Å². The largest absolute Gasteiger partial charge is 0.481 e. The van der Waals surface area contributed by atoms with Gasteiger partial charge >= 0.3 is 29.8 Å². The molecule has 1 aromatic carbocycles. The maximum atomic E-state index is 13.4. The molecule has 3 aliphatic rings. The van der Waals surface area contributed by atoms with Gasteiger partial charge in [-0.15, -0.1) is 5.06 Å². The van der Waals surface area contributed by atoms with Crippen molar-refractivity contribution in [3.05, 3.63) is 35.9 Å². The molecule has 35 nitrogen and oxygen atoms in total. The number of carboxylic acid groups (broad SMARTS) is 1. The number of amides is 8. The minimum atomic E-state index is -1.15. The average molecular weight is 1620 g/mol. The predicted octanol–water partition coefficient (Wildman–Crippen LogP) is 4.27. The van der Waals surface area contributed by atoms with E-state index in [1.807, 2.05) is 58.0 Å². The number of carboxylic acids is 1. The first kappa shape index (κ1) is 102. The van der Waals surface area contributed by atoms with Crippen molar-refractivity contribution in [3.63, 3.8) is 0 Å². The van der Waals surface area contributed by atoms with Gasteiger partial charge in [0, 0.05) is 118 Å². The van der Waals surface area contributed by atoms with Crippen molar-refractivity contribution in [2.75, 3.05) is 105 Å². The molecular weight excluding hydrogens is 1490 g/mol. The van der Waals surface area contributed by atoms with E-state index in [1.54, 1.807) is 0 Å². The molecule has 114 heavy (non-hydrogen) atoms. The van der Waals surface area contributed by atoms with Crippen LogP contribution in [0.5, 0.6) is 0 Å². The first-order valence-electron chi connectivity index (χ1n) is 40.3. The van der Waals surface area contributed by atoms with Crippen molar-refractivity contribution >= 4 is 77.1 Å². The van der Waals surface area contributed by atoms with Crippen LogP contribution in [-0.2, 0) is 121 Å². The van der Waals surface area contributed by atoms with E-state index in [0.29, 0.717) is 115 Å². The van der Waals surface area contributed by atoms with E-state index in [2.05, 4.69) is 31.9 Å². The van der Waals surface area contributed by atoms with Crippen LogP contribution in [0, 0.1) is 23.7 Å². The van der Waals surface area contributed by atoms with Crippen molar-refractivity contribution in [3.8, 4) is 0 Å². The van der Waals surface area contributed by atoms with Crippen molar-refractivity contribution in [2.45, 2.75) is 259 Å². The van der Waals surface area contributed by atoms with Crippen LogP contribution in [0.25, 0.3) is 0 Å². The summed E-state index contributed by atoms with van der Waals surface area (Å²) in [7, 11) is 0. The number of aliphatic carboxylic acids is 1. The van der Waals surface area contributed by atoms with Gasteiger partial charge in [0.05, 0.1) is 63.9 Å². The van der Waals surface area contributed by atoms with Crippen molar-refractivity contribution in [2.24, 2.45) is 40.9 Å². The molecule has 0 spiro atoms. The van der Waals surface area contributed by atoms with Gasteiger partial charge in [-0.3, -0.25) is 57.5 Å². The SMILES string of the molecule is CC(=O)NC1C(OCCCCC(=O)O)OC(COC(C)=O)C(C)C1C.CC(=O)NC1C(OCCCCC(=O)ON2C(=O)CCC2=O)OC(COC(C)=O)C(C)C1C.NCCCNC(=O)CCOCC(COCCC(=O)NCCCN)(COCCC(=O)NCCCN)NC(=O)CCCCCCCCCCC(=O)OCc1ccccc1. The van der Waals surface area contributed by atoms with Gasteiger partial charge < -0.3 is 106 Å². The van der Waals surface area contributed by atoms with Crippen molar-refractivity contribution in [1.82, 2.24) is 37.0 Å². The Kier molecular flexibility index (Phi) is 55.1. The van der Waals surface area contributed by atoms with Gasteiger partial charge in [0.1, 0.15) is 25.4 Å². The molecule has 10 atom stereocenters. The molecule has 3 saturated heterocycles. The van der Waals surface area contributed by atoms with Crippen LogP contribution in [0.2, 0.25) is 0 Å². The Balaban J connectivity index is 0.000000645. The lowest BCUT2D eigenvalue weighted by atomic mass is 9.82. The highest BCUT2D eigenvalue weighted by molar-refractivity contribution is 6.01. The van der Waals surface area contributed by atoms with E-state index in [-0.39, 0.29) is 206 Å². The number of hydroxylamine groups is 2. The molecule has 4 rings (SSSR count). The van der Waals surface area contributed by atoms with Crippen molar-refractivity contribution in [1.29, 1.82) is 0 Å². The van der Waals surface area contributed by atoms with E-state index in [1.165, 1.54) is 27.7 Å². The lowest BCUT2D eigenvalue weighted by Crippen LogP contribution is -2.58. The second-order valence-corrected chi connectivity index (χ2v) is 28.9. The number of ether oxygens (including phenoxy) is 10. The molecule has 3 heterocycles. The summed E-state index contributed by atoms with van der Waals surface area (Å²) < 4.78 is 56.8. The number of nitrogens with two attached hydrogens (primary N) is 3. The Morgan fingerprint density at radius 3 is 1.25 bits per heavy atom. The molecule has 1 aromatic rings. The minimum absolute atomic E-state index is 0.00345. The second kappa shape index (κ2) is 61.5. The normalized spacial score (nSPS) is 19.8. The highest BCUT2D eigenvalue weighted by Crippen LogP contribution is 2.34. The zero-order valence-electron chi connectivity index (χ0n) is 68.6. The average Bonchev–Trinajstić information content (AvgIpc) is 1.04. The number of rotatable bonds is 57. The highest BCUT2D eigenvalue weighted by atomic mass is 16.7. The maximum absolute atomic E-state index is 13.4. The number of benzene rings is 1. The zero-order valence-corrected chi connectivity index (χ0v) is 68.6. The number of carbonyl (C=O) groups excluding carboxylic acids is 12. The van der Waals surface area contributed by atoms with E-state index in [0.717, 1.165) is 50.5 Å². The first-order valence-corrected chi connectivity index (χ1v) is 40.3. The molecule has 0 saturated carbocycles. The number of nitrogens with one attached hydrogen (secondary N) is 6. The predicted molar refractivity (Wildman–Crippen MR) is 417 cm³/mol. The first-order chi connectivity index (χ1) is 54.5. The molecule has 0 radical (unpaired) electrons. The van der Waals surface area contributed by atoms with Crippen molar-refractivity contribution < 1.29 is 120 Å². The Hall–Kier alpha value is -7.87. The van der Waals surface area contributed by atoms with Crippen LogP contribution >= 0.6 is 0 Å². The number of hydrogen-bond acceptors (Lipinski definition) is 27. The smallest absolute Gasteiger partial charge is 0.333 e. The summed E-state index contributed by atoms with van der Waals surface area (Å²) in [4.78, 5) is 158. The Morgan fingerprint density at radius 1 is 0.465 bits per heavy atom. The van der Waals surface area contributed by atoms with Crippen LogP contribution in [0.15, 0.2) is 30.3 Å². The Labute approximate surface area is 671 Å². The maximum Gasteiger partial charge on any atom is 0.333 e. The second-order valence-electron chi connectivity index (χ2n) is 28.9. The van der Waals surface area contributed by atoms with Gasteiger partial charge in [-0.2, -0.15) is 0 Å². The molecule has 0 aromatic heterocycles. The molecule has 10 unspecified atom stereocenters. The topological polar surface area (TPSA) is 497 Å². The highest BCUT2D eigenvalue weighted by Gasteiger charge is 2.45. The van der Waals surface area contributed by atoms with Gasteiger partial charge in [0.25, 0.3) is 11.8 Å². The van der Waals surface area contributed by atoms with Crippen LogP contribution in [-0.4, -0.2) is 235 Å². The summed E-state index contributed by atoms with van der Waals surface area (Å²) in [6.45, 7) is 17.6. The van der Waals surface area contributed by atoms with Crippen LogP contribution < -0.4 is 49.1 Å². The van der Waals surface area contributed by atoms with Gasteiger partial charge in [-0.05, 0) is 107 Å². The number of imide groups is 1. The lowest BCUT2D eigenvalue weighted by molar-refractivity contribution is -0.244. The zero-order chi connectivity index (χ0) is 84.5. The van der Waals surface area contributed by atoms with Crippen LogP contribution in [0.1, 0.15) is 215 Å². The molecule has 13 N–H and O–H groups in total. The Bertz CT molecular complexity index is 2900. The Morgan fingerprint density at radius 2 is 0.851 bits per heavy atom. The third-order valence-corrected chi connectivity index (χ3v) is 19.0. The summed E-state index contributed by atoms with van der Waals surface area (Å²) in [5, 5.41) is 26.4. The van der Waals surface area contributed by atoms with E-state index in [4.69, 9.17) is 74.5 Å². The quantitative estimate of drug-likeness (QED) is 0.0188. The number of hydrogen-bond donors (Lipinski definition) is 10. The molecular formula is C79H134N10O25. The third kappa shape index (κ3) is 47.2. The summed E-state index contributed by atoms with van der Waals surface area (Å²) in [6, 6.07) is 8.94. The van der Waals surface area contributed by atoms with E-state index >= 15 is 0 Å². The van der Waals surface area contributed by atoms with Gasteiger partial charge in [-0.1, -0.05) is 96.6 Å². The fraction of sp³-hybridized carbons (Fsp3) is 0.759. The van der Waals surface area contributed by atoms with Crippen LogP contribution in [0.3, 0.4) is 0 Å². The molecule has 650 valence electrons. The minimum Gasteiger partial charge on any atom is -0.481 e. The fourth-order valence-corrected chi connectivity index (χ4v) is 12.0. The number of esters is 3. The van der Waals surface area contributed by atoms with Gasteiger partial charge in [-0.25, -0.2) is 4.79 Å². The fourth-order valence-electron chi connectivity index (χ4n) is 12.0. The van der Waals surface area contributed by atoms with E-state index in [9.17, 15) is 62.3 Å². The van der Waals surface area contributed by atoms with Crippen LogP contribution in [0.4, 0.5) is 0 Å². The van der Waals surface area contributed by atoms with Gasteiger partial charge in [0.2, 0.25) is 35.4 Å². The summed E-state index contributed by atoms with van der Waals surface area (Å²) in [6.07, 6.45) is 10.6. The molecule has 3 fully saturated rings. The summed E-state index contributed by atoms with van der Waals surface area (Å²) in [5.74, 6) is -4.47. The molecule has 35 heteroatoms. The molecule has 3 aliphatic heterocycles. The lowest BCUT2D eigenvalue weighted by Gasteiger charge is -2.44. The monoisotopic (exact) mass is 1620 g/mol. The number of nitrogens with zero attached hydrogens (tertiary/aromatic N) is 1. The summed E-state index contributed by atoms with van der Waals surface area (Å²) >= 11 is 0. The molecule has 0 aliphatic carbocycles. The number of unbranched alkanes of at least 4 members (excludes halogenated alkanes) is 9. The molecule has 0 bridgehead atoms. The third-order valence-electron chi connectivity index (χ3n) is 19.0. The summed E-state index contributed by atoms with van der Waals surface area (Å²) in [5.41, 5.74) is 16.4.